The lowest BCUT2D eigenvalue weighted by molar-refractivity contribution is 0.318. The average Bonchev–Trinajstić information content (AvgIpc) is 2.72. The molecule has 2 aromatic carbocycles. The highest BCUT2D eigenvalue weighted by Crippen LogP contribution is 2.55. The highest BCUT2D eigenvalue weighted by molar-refractivity contribution is 5.83. The third-order valence-electron chi connectivity index (χ3n) is 5.93. The van der Waals surface area contributed by atoms with Gasteiger partial charge in [-0.2, -0.15) is 15.8 Å². The molecular weight excluding hydrogens is 332 g/mol. The number of nitrogens with two attached hydrogens (primary N) is 1. The Balaban J connectivity index is 2.01. The van der Waals surface area contributed by atoms with E-state index in [0.29, 0.717) is 5.57 Å². The van der Waals surface area contributed by atoms with Gasteiger partial charge in [-0.3, -0.25) is 0 Å². The first-order chi connectivity index (χ1) is 13.2. The summed E-state index contributed by atoms with van der Waals surface area (Å²) in [7, 11) is 0. The van der Waals surface area contributed by atoms with E-state index in [2.05, 4.69) is 30.4 Å². The van der Waals surface area contributed by atoms with Crippen LogP contribution in [0.5, 0.6) is 0 Å². The Hall–Kier alpha value is -3.55. The maximum absolute atomic E-state index is 10.0. The predicted octanol–water partition coefficient (Wildman–Crippen LogP) is 4.43. The zero-order chi connectivity index (χ0) is 19.0. The van der Waals surface area contributed by atoms with E-state index in [1.165, 1.54) is 0 Å². The SMILES string of the molecule is N#CC1=C(N)C(C#N)(C#N)[C@H](c2ccc3ccccc3c2)[C@H]2CCCC=C12. The number of fused-ring (bicyclic) bond motifs is 2. The predicted molar refractivity (Wildman–Crippen MR) is 103 cm³/mol. The summed E-state index contributed by atoms with van der Waals surface area (Å²) in [6.07, 6.45) is 4.77. The summed E-state index contributed by atoms with van der Waals surface area (Å²) in [6, 6.07) is 20.6. The number of hydrogen-bond donors (Lipinski definition) is 1. The summed E-state index contributed by atoms with van der Waals surface area (Å²) in [5, 5.41) is 31.9. The second-order valence-electron chi connectivity index (χ2n) is 7.21. The van der Waals surface area contributed by atoms with Crippen LogP contribution < -0.4 is 5.73 Å². The highest BCUT2D eigenvalue weighted by atomic mass is 14.7. The van der Waals surface area contributed by atoms with Crippen LogP contribution >= 0.6 is 0 Å². The molecule has 0 amide bonds. The number of benzene rings is 2. The Bertz CT molecular complexity index is 1100. The molecule has 0 fully saturated rings. The molecule has 0 aliphatic heterocycles. The first-order valence-electron chi connectivity index (χ1n) is 9.08. The third-order valence-corrected chi connectivity index (χ3v) is 5.93. The molecular formula is C23H18N4. The quantitative estimate of drug-likeness (QED) is 0.822. The summed E-state index contributed by atoms with van der Waals surface area (Å²) in [4.78, 5) is 0. The Morgan fingerprint density at radius 3 is 2.44 bits per heavy atom. The van der Waals surface area contributed by atoms with Gasteiger partial charge in [0.1, 0.15) is 6.07 Å². The van der Waals surface area contributed by atoms with E-state index >= 15 is 0 Å². The van der Waals surface area contributed by atoms with E-state index in [4.69, 9.17) is 5.73 Å². The highest BCUT2D eigenvalue weighted by Gasteiger charge is 2.53. The molecule has 2 aliphatic carbocycles. The molecule has 0 aromatic heterocycles. The molecule has 27 heavy (non-hydrogen) atoms. The molecule has 0 heterocycles. The van der Waals surface area contributed by atoms with Crippen LogP contribution in [-0.4, -0.2) is 0 Å². The summed E-state index contributed by atoms with van der Waals surface area (Å²) in [6.45, 7) is 0. The van der Waals surface area contributed by atoms with Gasteiger partial charge in [-0.15, -0.1) is 0 Å². The maximum atomic E-state index is 10.0. The summed E-state index contributed by atoms with van der Waals surface area (Å²) in [5.41, 5.74) is 7.02. The van der Waals surface area contributed by atoms with Crippen molar-refractivity contribution >= 4 is 10.8 Å². The molecule has 4 rings (SSSR count). The zero-order valence-corrected chi connectivity index (χ0v) is 14.8. The summed E-state index contributed by atoms with van der Waals surface area (Å²) in [5.74, 6) is -0.443. The van der Waals surface area contributed by atoms with Gasteiger partial charge in [0.2, 0.25) is 0 Å². The Morgan fingerprint density at radius 1 is 1.00 bits per heavy atom. The molecule has 2 aromatic rings. The first-order valence-corrected chi connectivity index (χ1v) is 9.08. The molecule has 0 spiro atoms. The van der Waals surface area contributed by atoms with Gasteiger partial charge in [0, 0.05) is 5.92 Å². The molecule has 0 bridgehead atoms. The van der Waals surface area contributed by atoms with Crippen molar-refractivity contribution in [1.29, 1.82) is 15.8 Å². The van der Waals surface area contributed by atoms with Crippen molar-refractivity contribution < 1.29 is 0 Å². The monoisotopic (exact) mass is 350 g/mol. The fourth-order valence-corrected chi connectivity index (χ4v) is 4.65. The van der Waals surface area contributed by atoms with E-state index in [1.807, 2.05) is 36.4 Å². The number of nitrogens with zero attached hydrogens (tertiary/aromatic N) is 3. The number of allylic oxidation sites excluding steroid dienone is 4. The maximum Gasteiger partial charge on any atom is 0.191 e. The lowest BCUT2D eigenvalue weighted by atomic mass is 9.56. The van der Waals surface area contributed by atoms with E-state index in [0.717, 1.165) is 41.2 Å². The van der Waals surface area contributed by atoms with Crippen molar-refractivity contribution in [2.75, 3.05) is 0 Å². The van der Waals surface area contributed by atoms with E-state index in [9.17, 15) is 15.8 Å². The number of hydrogen-bond acceptors (Lipinski definition) is 4. The Labute approximate surface area is 158 Å². The Kier molecular flexibility index (Phi) is 3.95. The zero-order valence-electron chi connectivity index (χ0n) is 14.8. The van der Waals surface area contributed by atoms with Crippen molar-refractivity contribution in [2.24, 2.45) is 17.1 Å². The fourth-order valence-electron chi connectivity index (χ4n) is 4.65. The van der Waals surface area contributed by atoms with Crippen LogP contribution in [0.3, 0.4) is 0 Å². The van der Waals surface area contributed by atoms with Crippen LogP contribution in [0.15, 0.2) is 65.4 Å². The van der Waals surface area contributed by atoms with Gasteiger partial charge in [-0.25, -0.2) is 0 Å². The lowest BCUT2D eigenvalue weighted by Crippen LogP contribution is -2.42. The van der Waals surface area contributed by atoms with Crippen LogP contribution in [0.1, 0.15) is 30.7 Å². The lowest BCUT2D eigenvalue weighted by Gasteiger charge is -2.43. The van der Waals surface area contributed by atoms with Crippen LogP contribution in [-0.2, 0) is 0 Å². The number of nitriles is 3. The van der Waals surface area contributed by atoms with Gasteiger partial charge >= 0.3 is 0 Å². The van der Waals surface area contributed by atoms with E-state index in [-0.39, 0.29) is 17.5 Å². The third kappa shape index (κ3) is 2.33. The van der Waals surface area contributed by atoms with Gasteiger partial charge in [-0.05, 0) is 47.1 Å². The van der Waals surface area contributed by atoms with Gasteiger partial charge in [-0.1, -0.05) is 48.5 Å². The topological polar surface area (TPSA) is 97.4 Å². The smallest absolute Gasteiger partial charge is 0.191 e. The van der Waals surface area contributed by atoms with Crippen molar-refractivity contribution in [2.45, 2.75) is 25.2 Å². The normalized spacial score (nSPS) is 23.5. The second kappa shape index (κ2) is 6.31. The van der Waals surface area contributed by atoms with Crippen molar-refractivity contribution in [3.05, 3.63) is 70.9 Å². The fraction of sp³-hybridized carbons (Fsp3) is 0.261. The van der Waals surface area contributed by atoms with E-state index in [1.54, 1.807) is 0 Å². The van der Waals surface area contributed by atoms with Crippen LogP contribution in [0, 0.1) is 45.3 Å². The van der Waals surface area contributed by atoms with Gasteiger partial charge < -0.3 is 5.73 Å². The molecule has 4 heteroatoms. The standard InChI is InChI=1S/C23H18N4/c24-12-20-18-7-3-4-8-19(18)21(23(13-25,14-26)22(20)27)17-10-9-15-5-1-2-6-16(15)11-17/h1-2,5-7,9-11,19,21H,3-4,8,27H2/t19-,21+/m0/s1. The molecule has 2 aliphatic rings. The summed E-state index contributed by atoms with van der Waals surface area (Å²) < 4.78 is 0. The van der Waals surface area contributed by atoms with Crippen LogP contribution in [0.2, 0.25) is 0 Å². The molecule has 2 atom stereocenters. The number of rotatable bonds is 1. The molecule has 2 N–H and O–H groups in total. The van der Waals surface area contributed by atoms with Crippen LogP contribution in [0.25, 0.3) is 10.8 Å². The average molecular weight is 350 g/mol. The largest absolute Gasteiger partial charge is 0.399 e. The summed E-state index contributed by atoms with van der Waals surface area (Å²) >= 11 is 0. The van der Waals surface area contributed by atoms with Crippen molar-refractivity contribution in [1.82, 2.24) is 0 Å². The Morgan fingerprint density at radius 2 is 1.74 bits per heavy atom. The van der Waals surface area contributed by atoms with Crippen molar-refractivity contribution in [3.8, 4) is 18.2 Å². The molecule has 0 unspecified atom stereocenters. The second-order valence-corrected chi connectivity index (χ2v) is 7.21. The van der Waals surface area contributed by atoms with Crippen LogP contribution in [0.4, 0.5) is 0 Å². The van der Waals surface area contributed by atoms with Gasteiger partial charge in [0.25, 0.3) is 0 Å². The van der Waals surface area contributed by atoms with Gasteiger partial charge in [0.05, 0.1) is 23.4 Å². The minimum absolute atomic E-state index is 0.0545. The first kappa shape index (κ1) is 16.9. The minimum Gasteiger partial charge on any atom is -0.399 e. The van der Waals surface area contributed by atoms with Gasteiger partial charge in [0.15, 0.2) is 5.41 Å². The van der Waals surface area contributed by atoms with Crippen molar-refractivity contribution in [3.63, 3.8) is 0 Å². The molecule has 0 saturated carbocycles. The minimum atomic E-state index is -1.53. The molecule has 0 saturated heterocycles. The molecule has 4 nitrogen and oxygen atoms in total. The molecule has 0 radical (unpaired) electrons. The molecule has 130 valence electrons. The van der Waals surface area contributed by atoms with E-state index < -0.39 is 5.41 Å².